The predicted molar refractivity (Wildman–Crippen MR) is 80.5 cm³/mol. The number of hydrogen-bond acceptors (Lipinski definition) is 4. The van der Waals surface area contributed by atoms with Gasteiger partial charge in [-0.05, 0) is 32.2 Å². The van der Waals surface area contributed by atoms with Gasteiger partial charge in [-0.25, -0.2) is 8.42 Å². The SMILES string of the molecule is CCCS(=O)(=O)N1CCCC1C(=O)NC1CCNC1.Cl. The molecule has 0 aromatic carbocycles. The Hall–Kier alpha value is -0.370. The van der Waals surface area contributed by atoms with Gasteiger partial charge >= 0.3 is 0 Å². The van der Waals surface area contributed by atoms with Gasteiger partial charge in [-0.15, -0.1) is 12.4 Å². The molecular formula is C12H24ClN3O3S. The average Bonchev–Trinajstić information content (AvgIpc) is 2.98. The first-order valence-corrected chi connectivity index (χ1v) is 8.66. The first-order valence-electron chi connectivity index (χ1n) is 7.05. The summed E-state index contributed by atoms with van der Waals surface area (Å²) in [5.41, 5.74) is 0. The maximum Gasteiger partial charge on any atom is 0.238 e. The van der Waals surface area contributed by atoms with Crippen LogP contribution < -0.4 is 10.6 Å². The molecule has 0 aromatic rings. The summed E-state index contributed by atoms with van der Waals surface area (Å²) in [6.45, 7) is 4.00. The van der Waals surface area contributed by atoms with E-state index in [9.17, 15) is 13.2 Å². The van der Waals surface area contributed by atoms with E-state index in [2.05, 4.69) is 10.6 Å². The largest absolute Gasteiger partial charge is 0.351 e. The lowest BCUT2D eigenvalue weighted by molar-refractivity contribution is -0.124. The van der Waals surface area contributed by atoms with Crippen molar-refractivity contribution in [3.8, 4) is 0 Å². The summed E-state index contributed by atoms with van der Waals surface area (Å²) in [5, 5.41) is 6.14. The molecule has 0 radical (unpaired) electrons. The van der Waals surface area contributed by atoms with Crippen molar-refractivity contribution in [2.75, 3.05) is 25.4 Å². The highest BCUT2D eigenvalue weighted by Gasteiger charge is 2.38. The highest BCUT2D eigenvalue weighted by Crippen LogP contribution is 2.22. The van der Waals surface area contributed by atoms with Crippen molar-refractivity contribution in [2.24, 2.45) is 0 Å². The van der Waals surface area contributed by atoms with Crippen LogP contribution in [-0.4, -0.2) is 56.1 Å². The minimum Gasteiger partial charge on any atom is -0.351 e. The van der Waals surface area contributed by atoms with Crippen molar-refractivity contribution in [1.82, 2.24) is 14.9 Å². The third-order valence-electron chi connectivity index (χ3n) is 3.73. The molecule has 2 fully saturated rings. The van der Waals surface area contributed by atoms with E-state index < -0.39 is 16.1 Å². The molecule has 0 spiro atoms. The lowest BCUT2D eigenvalue weighted by Gasteiger charge is -2.24. The number of carbonyl (C=O) groups is 1. The Balaban J connectivity index is 0.00000200. The fourth-order valence-electron chi connectivity index (χ4n) is 2.79. The highest BCUT2D eigenvalue weighted by molar-refractivity contribution is 7.89. The van der Waals surface area contributed by atoms with Crippen LogP contribution >= 0.6 is 12.4 Å². The lowest BCUT2D eigenvalue weighted by atomic mass is 10.2. The van der Waals surface area contributed by atoms with Crippen LogP contribution in [0.1, 0.15) is 32.6 Å². The van der Waals surface area contributed by atoms with E-state index >= 15 is 0 Å². The summed E-state index contributed by atoms with van der Waals surface area (Å²) >= 11 is 0. The van der Waals surface area contributed by atoms with E-state index in [-0.39, 0.29) is 30.1 Å². The molecule has 6 nitrogen and oxygen atoms in total. The van der Waals surface area contributed by atoms with Crippen LogP contribution in [0.2, 0.25) is 0 Å². The molecule has 0 bridgehead atoms. The minimum atomic E-state index is -3.28. The van der Waals surface area contributed by atoms with Crippen molar-refractivity contribution >= 4 is 28.3 Å². The maximum atomic E-state index is 12.2. The summed E-state index contributed by atoms with van der Waals surface area (Å²) in [7, 11) is -3.28. The molecule has 2 saturated heterocycles. The van der Waals surface area contributed by atoms with Crippen LogP contribution in [-0.2, 0) is 14.8 Å². The standard InChI is InChI=1S/C12H23N3O3S.ClH/c1-2-8-19(17,18)15-7-3-4-11(15)12(16)14-10-5-6-13-9-10;/h10-11,13H,2-9H2,1H3,(H,14,16);1H. The molecule has 2 rings (SSSR count). The second-order valence-electron chi connectivity index (χ2n) is 5.28. The number of amides is 1. The van der Waals surface area contributed by atoms with Gasteiger partial charge in [-0.2, -0.15) is 4.31 Å². The van der Waals surface area contributed by atoms with E-state index in [4.69, 9.17) is 0 Å². The van der Waals surface area contributed by atoms with Gasteiger partial charge in [0.1, 0.15) is 6.04 Å². The molecular weight excluding hydrogens is 302 g/mol. The third kappa shape index (κ3) is 4.07. The molecule has 2 atom stereocenters. The van der Waals surface area contributed by atoms with Gasteiger partial charge in [0, 0.05) is 19.1 Å². The van der Waals surface area contributed by atoms with Crippen molar-refractivity contribution in [3.05, 3.63) is 0 Å². The Morgan fingerprint density at radius 3 is 2.75 bits per heavy atom. The summed E-state index contributed by atoms with van der Waals surface area (Å²) in [4.78, 5) is 12.2. The van der Waals surface area contributed by atoms with Gasteiger partial charge in [-0.3, -0.25) is 4.79 Å². The smallest absolute Gasteiger partial charge is 0.238 e. The molecule has 2 unspecified atom stereocenters. The fraction of sp³-hybridized carbons (Fsp3) is 0.917. The fourth-order valence-corrected chi connectivity index (χ4v) is 4.53. The minimum absolute atomic E-state index is 0. The van der Waals surface area contributed by atoms with E-state index in [0.29, 0.717) is 19.4 Å². The van der Waals surface area contributed by atoms with Crippen LogP contribution in [0.4, 0.5) is 0 Å². The molecule has 0 aliphatic carbocycles. The van der Waals surface area contributed by atoms with Crippen molar-refractivity contribution in [1.29, 1.82) is 0 Å². The number of hydrogen-bond donors (Lipinski definition) is 2. The first-order chi connectivity index (χ1) is 9.04. The van der Waals surface area contributed by atoms with Crippen LogP contribution in [0, 0.1) is 0 Å². The Kier molecular flexibility index (Phi) is 6.71. The van der Waals surface area contributed by atoms with Gasteiger partial charge < -0.3 is 10.6 Å². The van der Waals surface area contributed by atoms with E-state index in [0.717, 1.165) is 25.9 Å². The zero-order valence-corrected chi connectivity index (χ0v) is 13.4. The van der Waals surface area contributed by atoms with Crippen molar-refractivity contribution < 1.29 is 13.2 Å². The Morgan fingerprint density at radius 2 is 2.15 bits per heavy atom. The van der Waals surface area contributed by atoms with Crippen LogP contribution in [0.5, 0.6) is 0 Å². The molecule has 1 amide bonds. The van der Waals surface area contributed by atoms with Gasteiger partial charge in [-0.1, -0.05) is 6.92 Å². The van der Waals surface area contributed by atoms with E-state index in [1.165, 1.54) is 4.31 Å². The quantitative estimate of drug-likeness (QED) is 0.751. The number of rotatable bonds is 5. The van der Waals surface area contributed by atoms with E-state index in [1.54, 1.807) is 0 Å². The molecule has 0 saturated carbocycles. The molecule has 2 aliphatic heterocycles. The molecule has 0 aromatic heterocycles. The molecule has 2 aliphatic rings. The van der Waals surface area contributed by atoms with Crippen molar-refractivity contribution in [2.45, 2.75) is 44.7 Å². The number of carbonyl (C=O) groups excluding carboxylic acids is 1. The number of nitrogens with one attached hydrogen (secondary N) is 2. The number of halogens is 1. The van der Waals surface area contributed by atoms with Crippen LogP contribution in [0.3, 0.4) is 0 Å². The number of nitrogens with zero attached hydrogens (tertiary/aromatic N) is 1. The Labute approximate surface area is 127 Å². The summed E-state index contributed by atoms with van der Waals surface area (Å²) in [6.07, 6.45) is 2.90. The second kappa shape index (κ2) is 7.59. The topological polar surface area (TPSA) is 78.5 Å². The zero-order chi connectivity index (χ0) is 13.9. The van der Waals surface area contributed by atoms with Crippen LogP contribution in [0.25, 0.3) is 0 Å². The first kappa shape index (κ1) is 17.7. The Morgan fingerprint density at radius 1 is 1.40 bits per heavy atom. The second-order valence-corrected chi connectivity index (χ2v) is 7.32. The third-order valence-corrected chi connectivity index (χ3v) is 5.81. The maximum absolute atomic E-state index is 12.2. The van der Waals surface area contributed by atoms with Crippen LogP contribution in [0.15, 0.2) is 0 Å². The summed E-state index contributed by atoms with van der Waals surface area (Å²) < 4.78 is 25.6. The average molecular weight is 326 g/mol. The monoisotopic (exact) mass is 325 g/mol. The van der Waals surface area contributed by atoms with Gasteiger partial charge in [0.15, 0.2) is 0 Å². The van der Waals surface area contributed by atoms with E-state index in [1.807, 2.05) is 6.92 Å². The lowest BCUT2D eigenvalue weighted by Crippen LogP contribution is -2.49. The van der Waals surface area contributed by atoms with Gasteiger partial charge in [0.2, 0.25) is 15.9 Å². The molecule has 8 heteroatoms. The van der Waals surface area contributed by atoms with Gasteiger partial charge in [0.05, 0.1) is 5.75 Å². The normalized spacial score (nSPS) is 27.2. The zero-order valence-electron chi connectivity index (χ0n) is 11.8. The van der Waals surface area contributed by atoms with Gasteiger partial charge in [0.25, 0.3) is 0 Å². The highest BCUT2D eigenvalue weighted by atomic mass is 35.5. The summed E-state index contributed by atoms with van der Waals surface area (Å²) in [5.74, 6) is -0.00670. The number of sulfonamides is 1. The summed E-state index contributed by atoms with van der Waals surface area (Å²) in [6, 6.07) is -0.360. The molecule has 118 valence electrons. The van der Waals surface area contributed by atoms with Crippen molar-refractivity contribution in [3.63, 3.8) is 0 Å². The predicted octanol–water partition coefficient (Wildman–Crippen LogP) is 0.0905. The Bertz CT molecular complexity index is 424. The molecule has 2 N–H and O–H groups in total. The molecule has 2 heterocycles. The molecule has 20 heavy (non-hydrogen) atoms.